The van der Waals surface area contributed by atoms with Crippen LogP contribution in [0.25, 0.3) is 0 Å². The Morgan fingerprint density at radius 2 is 2.00 bits per heavy atom. The van der Waals surface area contributed by atoms with Gasteiger partial charge in [-0.3, -0.25) is 9.69 Å². The summed E-state index contributed by atoms with van der Waals surface area (Å²) in [6, 6.07) is 8.18. The normalized spacial score (nSPS) is 25.4. The van der Waals surface area contributed by atoms with Crippen molar-refractivity contribution in [3.63, 3.8) is 0 Å². The van der Waals surface area contributed by atoms with E-state index in [1.165, 1.54) is 43.5 Å². The Balaban J connectivity index is 1.57. The van der Waals surface area contributed by atoms with Crippen molar-refractivity contribution >= 4 is 5.91 Å². The van der Waals surface area contributed by atoms with Gasteiger partial charge in [0.25, 0.3) is 0 Å². The van der Waals surface area contributed by atoms with E-state index in [0.717, 1.165) is 13.1 Å². The molecule has 0 aliphatic carbocycles. The Morgan fingerprint density at radius 1 is 1.25 bits per heavy atom. The predicted molar refractivity (Wildman–Crippen MR) is 94.6 cm³/mol. The van der Waals surface area contributed by atoms with Crippen molar-refractivity contribution in [1.29, 1.82) is 0 Å². The lowest BCUT2D eigenvalue weighted by Gasteiger charge is -2.29. The van der Waals surface area contributed by atoms with Crippen LogP contribution in [-0.4, -0.2) is 49.2 Å². The van der Waals surface area contributed by atoms with Crippen molar-refractivity contribution in [2.45, 2.75) is 51.4 Å². The average Bonchev–Trinajstić information content (AvgIpc) is 2.62. The SMILES string of the molecule is C[C@H]1OCCN[C@@H]1C(=O)NCc1ccccc1CN1CCCCC1. The van der Waals surface area contributed by atoms with Crippen LogP contribution in [0.3, 0.4) is 0 Å². The first-order valence-electron chi connectivity index (χ1n) is 9.16. The van der Waals surface area contributed by atoms with Gasteiger partial charge in [0.05, 0.1) is 12.7 Å². The molecule has 5 heteroatoms. The molecule has 1 amide bonds. The fourth-order valence-corrected chi connectivity index (χ4v) is 3.56. The van der Waals surface area contributed by atoms with E-state index in [0.29, 0.717) is 13.2 Å². The second kappa shape index (κ2) is 8.60. The average molecular weight is 331 g/mol. The molecule has 2 atom stereocenters. The van der Waals surface area contributed by atoms with Gasteiger partial charge in [0.15, 0.2) is 0 Å². The second-order valence-corrected chi connectivity index (χ2v) is 6.83. The van der Waals surface area contributed by atoms with E-state index in [2.05, 4.69) is 33.7 Å². The summed E-state index contributed by atoms with van der Waals surface area (Å²) in [5.41, 5.74) is 2.53. The summed E-state index contributed by atoms with van der Waals surface area (Å²) in [5.74, 6) is 0.0231. The standard InChI is InChI=1S/C19H29N3O2/c1-15-18(20-9-12-24-15)19(23)21-13-16-7-3-4-8-17(16)14-22-10-5-2-6-11-22/h3-4,7-8,15,18,20H,2,5-6,9-14H2,1H3,(H,21,23)/t15-,18+/m1/s1. The third-order valence-corrected chi connectivity index (χ3v) is 5.01. The van der Waals surface area contributed by atoms with Crippen LogP contribution >= 0.6 is 0 Å². The van der Waals surface area contributed by atoms with E-state index in [9.17, 15) is 4.79 Å². The van der Waals surface area contributed by atoms with Crippen molar-refractivity contribution in [3.8, 4) is 0 Å². The molecule has 2 N–H and O–H groups in total. The first kappa shape index (κ1) is 17.4. The Bertz CT molecular complexity index is 543. The number of benzene rings is 1. The van der Waals surface area contributed by atoms with Crippen LogP contribution in [0, 0.1) is 0 Å². The summed E-state index contributed by atoms with van der Waals surface area (Å²) in [6.07, 6.45) is 3.86. The molecule has 2 aliphatic heterocycles. The maximum Gasteiger partial charge on any atom is 0.240 e. The Hall–Kier alpha value is -1.43. The molecule has 0 spiro atoms. The topological polar surface area (TPSA) is 53.6 Å². The molecule has 3 rings (SSSR count). The van der Waals surface area contributed by atoms with Gasteiger partial charge in [0.1, 0.15) is 6.04 Å². The molecular formula is C19H29N3O2. The number of nitrogens with one attached hydrogen (secondary N) is 2. The van der Waals surface area contributed by atoms with Gasteiger partial charge >= 0.3 is 0 Å². The minimum atomic E-state index is -0.256. The van der Waals surface area contributed by atoms with Crippen molar-refractivity contribution in [3.05, 3.63) is 35.4 Å². The van der Waals surface area contributed by atoms with Gasteiger partial charge in [-0.1, -0.05) is 30.7 Å². The van der Waals surface area contributed by atoms with E-state index in [1.807, 2.05) is 13.0 Å². The fraction of sp³-hybridized carbons (Fsp3) is 0.632. The lowest BCUT2D eigenvalue weighted by atomic mass is 10.0. The Morgan fingerprint density at radius 3 is 2.75 bits per heavy atom. The number of carbonyl (C=O) groups excluding carboxylic acids is 1. The number of carbonyl (C=O) groups is 1. The van der Waals surface area contributed by atoms with Crippen LogP contribution in [0.4, 0.5) is 0 Å². The van der Waals surface area contributed by atoms with E-state index in [-0.39, 0.29) is 18.1 Å². The van der Waals surface area contributed by atoms with Crippen LogP contribution in [-0.2, 0) is 22.6 Å². The van der Waals surface area contributed by atoms with E-state index in [1.54, 1.807) is 0 Å². The molecule has 0 bridgehead atoms. The van der Waals surface area contributed by atoms with Gasteiger partial charge in [-0.05, 0) is 44.0 Å². The molecule has 2 aliphatic rings. The number of morpholine rings is 1. The van der Waals surface area contributed by atoms with E-state index < -0.39 is 0 Å². The molecule has 1 aromatic carbocycles. The first-order chi connectivity index (χ1) is 11.7. The number of likely N-dealkylation sites (tertiary alicyclic amines) is 1. The van der Waals surface area contributed by atoms with E-state index >= 15 is 0 Å². The zero-order valence-corrected chi connectivity index (χ0v) is 14.6. The van der Waals surface area contributed by atoms with E-state index in [4.69, 9.17) is 4.74 Å². The van der Waals surface area contributed by atoms with Crippen LogP contribution in [0.1, 0.15) is 37.3 Å². The Kier molecular flexibility index (Phi) is 6.24. The van der Waals surface area contributed by atoms with Gasteiger partial charge in [0, 0.05) is 19.6 Å². The highest BCUT2D eigenvalue weighted by molar-refractivity contribution is 5.82. The molecule has 0 saturated carbocycles. The number of hydrogen-bond donors (Lipinski definition) is 2. The monoisotopic (exact) mass is 331 g/mol. The number of rotatable bonds is 5. The summed E-state index contributed by atoms with van der Waals surface area (Å²) in [7, 11) is 0. The van der Waals surface area contributed by atoms with Gasteiger partial charge in [-0.15, -0.1) is 0 Å². The molecule has 0 aromatic heterocycles. The molecule has 1 aromatic rings. The molecule has 0 radical (unpaired) electrons. The van der Waals surface area contributed by atoms with Crippen molar-refractivity contribution in [2.24, 2.45) is 0 Å². The summed E-state index contributed by atoms with van der Waals surface area (Å²) in [6.45, 7) is 7.27. The highest BCUT2D eigenvalue weighted by Gasteiger charge is 2.28. The molecule has 2 fully saturated rings. The third-order valence-electron chi connectivity index (χ3n) is 5.01. The maximum absolute atomic E-state index is 12.4. The van der Waals surface area contributed by atoms with Crippen molar-refractivity contribution in [1.82, 2.24) is 15.5 Å². The molecule has 0 unspecified atom stereocenters. The zero-order chi connectivity index (χ0) is 16.8. The predicted octanol–water partition coefficient (Wildman–Crippen LogP) is 1.67. The molecule has 2 heterocycles. The number of hydrogen-bond acceptors (Lipinski definition) is 4. The van der Waals surface area contributed by atoms with Crippen LogP contribution in [0.5, 0.6) is 0 Å². The lowest BCUT2D eigenvalue weighted by Crippen LogP contribution is -2.55. The number of nitrogens with zero attached hydrogens (tertiary/aromatic N) is 1. The van der Waals surface area contributed by atoms with Crippen LogP contribution in [0.15, 0.2) is 24.3 Å². The highest BCUT2D eigenvalue weighted by atomic mass is 16.5. The van der Waals surface area contributed by atoms with Crippen LogP contribution < -0.4 is 10.6 Å². The lowest BCUT2D eigenvalue weighted by molar-refractivity contribution is -0.129. The van der Waals surface area contributed by atoms with Gasteiger partial charge in [-0.2, -0.15) is 0 Å². The molecule has 2 saturated heterocycles. The fourth-order valence-electron chi connectivity index (χ4n) is 3.56. The van der Waals surface area contributed by atoms with Crippen molar-refractivity contribution in [2.75, 3.05) is 26.2 Å². The second-order valence-electron chi connectivity index (χ2n) is 6.83. The smallest absolute Gasteiger partial charge is 0.240 e. The van der Waals surface area contributed by atoms with Gasteiger partial charge in [0.2, 0.25) is 5.91 Å². The molecular weight excluding hydrogens is 302 g/mol. The third kappa shape index (κ3) is 4.56. The highest BCUT2D eigenvalue weighted by Crippen LogP contribution is 2.16. The number of ether oxygens (including phenoxy) is 1. The summed E-state index contributed by atoms with van der Waals surface area (Å²) < 4.78 is 5.56. The zero-order valence-electron chi connectivity index (χ0n) is 14.6. The quantitative estimate of drug-likeness (QED) is 0.862. The minimum Gasteiger partial charge on any atom is -0.375 e. The largest absolute Gasteiger partial charge is 0.375 e. The number of piperidine rings is 1. The summed E-state index contributed by atoms with van der Waals surface area (Å²) >= 11 is 0. The summed E-state index contributed by atoms with van der Waals surface area (Å²) in [5, 5.41) is 6.32. The maximum atomic E-state index is 12.4. The summed E-state index contributed by atoms with van der Waals surface area (Å²) in [4.78, 5) is 14.9. The minimum absolute atomic E-state index is 0.0231. The van der Waals surface area contributed by atoms with Crippen LogP contribution in [0.2, 0.25) is 0 Å². The molecule has 5 nitrogen and oxygen atoms in total. The Labute approximate surface area is 144 Å². The number of amides is 1. The van der Waals surface area contributed by atoms with Gasteiger partial charge < -0.3 is 15.4 Å². The first-order valence-corrected chi connectivity index (χ1v) is 9.16. The molecule has 132 valence electrons. The molecule has 24 heavy (non-hydrogen) atoms. The van der Waals surface area contributed by atoms with Gasteiger partial charge in [-0.25, -0.2) is 0 Å². The van der Waals surface area contributed by atoms with Crippen molar-refractivity contribution < 1.29 is 9.53 Å².